The summed E-state index contributed by atoms with van der Waals surface area (Å²) in [5.41, 5.74) is 1.46. The van der Waals surface area contributed by atoms with Crippen molar-refractivity contribution < 1.29 is 14.0 Å². The van der Waals surface area contributed by atoms with E-state index in [1.54, 1.807) is 23.6 Å². The molecule has 3 amide bonds. The van der Waals surface area contributed by atoms with Gasteiger partial charge in [-0.25, -0.2) is 14.2 Å². The second-order valence-electron chi connectivity index (χ2n) is 5.58. The van der Waals surface area contributed by atoms with Crippen molar-refractivity contribution in [3.8, 4) is 0 Å². The lowest BCUT2D eigenvalue weighted by molar-refractivity contribution is -0.115. The Morgan fingerprint density at radius 3 is 2.39 bits per heavy atom. The highest BCUT2D eigenvalue weighted by molar-refractivity contribution is 7.14. The Hall–Kier alpha value is -2.68. The normalized spacial score (nSPS) is 10.4. The molecule has 0 saturated carbocycles. The summed E-state index contributed by atoms with van der Waals surface area (Å²) < 4.78 is 12.9. The van der Waals surface area contributed by atoms with Crippen LogP contribution in [0, 0.1) is 5.82 Å². The first-order valence-corrected chi connectivity index (χ1v) is 9.55. The number of rotatable bonds is 5. The summed E-state index contributed by atoms with van der Waals surface area (Å²) in [6.07, 6.45) is 0.0258. The molecule has 0 fully saturated rings. The first-order chi connectivity index (χ1) is 13.4. The van der Waals surface area contributed by atoms with E-state index in [1.807, 2.05) is 0 Å². The van der Waals surface area contributed by atoms with E-state index in [4.69, 9.17) is 23.2 Å². The first kappa shape index (κ1) is 20.1. The van der Waals surface area contributed by atoms with Crippen molar-refractivity contribution in [2.24, 2.45) is 0 Å². The summed E-state index contributed by atoms with van der Waals surface area (Å²) in [6.45, 7) is 0. The molecule has 0 bridgehead atoms. The number of aromatic nitrogens is 1. The number of anilines is 3. The fraction of sp³-hybridized carbons (Fsp3) is 0.0556. The zero-order valence-electron chi connectivity index (χ0n) is 14.1. The smallest absolute Gasteiger partial charge is 0.325 e. The van der Waals surface area contributed by atoms with E-state index in [1.165, 1.54) is 35.6 Å². The van der Waals surface area contributed by atoms with Crippen LogP contribution in [-0.4, -0.2) is 16.9 Å². The molecule has 0 radical (unpaired) electrons. The zero-order chi connectivity index (χ0) is 20.1. The molecule has 0 unspecified atom stereocenters. The predicted octanol–water partition coefficient (Wildman–Crippen LogP) is 5.41. The van der Waals surface area contributed by atoms with Crippen LogP contribution in [-0.2, 0) is 11.2 Å². The monoisotopic (exact) mass is 438 g/mol. The summed E-state index contributed by atoms with van der Waals surface area (Å²) in [6, 6.07) is 9.62. The van der Waals surface area contributed by atoms with Gasteiger partial charge in [-0.1, -0.05) is 23.2 Å². The van der Waals surface area contributed by atoms with Gasteiger partial charge in [0.1, 0.15) is 5.82 Å². The van der Waals surface area contributed by atoms with E-state index >= 15 is 0 Å². The molecule has 0 spiro atoms. The first-order valence-electron chi connectivity index (χ1n) is 7.92. The summed E-state index contributed by atoms with van der Waals surface area (Å²) in [4.78, 5) is 28.3. The standard InChI is InChI=1S/C18H13Cl2FN4O2S/c19-14-6-5-12(7-15(14)20)22-16(26)8-13-9-28-18(24-13)25-17(27)23-11-3-1-10(21)2-4-11/h1-7,9H,8H2,(H,22,26)(H2,23,24,25,27). The maximum Gasteiger partial charge on any atom is 0.325 e. The molecule has 3 aromatic rings. The fourth-order valence-corrected chi connectivity index (χ4v) is 3.19. The lowest BCUT2D eigenvalue weighted by Gasteiger charge is -2.06. The largest absolute Gasteiger partial charge is 0.326 e. The number of benzene rings is 2. The van der Waals surface area contributed by atoms with E-state index in [9.17, 15) is 14.0 Å². The van der Waals surface area contributed by atoms with Crippen LogP contribution in [0.4, 0.5) is 25.7 Å². The molecule has 0 saturated heterocycles. The predicted molar refractivity (Wildman–Crippen MR) is 110 cm³/mol. The van der Waals surface area contributed by atoms with E-state index in [0.717, 1.165) is 0 Å². The van der Waals surface area contributed by atoms with Crippen molar-refractivity contribution in [3.05, 3.63) is 69.4 Å². The number of thiazole rings is 1. The summed E-state index contributed by atoms with van der Waals surface area (Å²) in [5.74, 6) is -0.680. The number of halogens is 3. The van der Waals surface area contributed by atoms with Crippen molar-refractivity contribution >= 4 is 63.0 Å². The average molecular weight is 439 g/mol. The van der Waals surface area contributed by atoms with Gasteiger partial charge in [0.15, 0.2) is 5.13 Å². The topological polar surface area (TPSA) is 83.1 Å². The summed E-state index contributed by atoms with van der Waals surface area (Å²) in [7, 11) is 0. The van der Waals surface area contributed by atoms with Crippen molar-refractivity contribution in [2.75, 3.05) is 16.0 Å². The van der Waals surface area contributed by atoms with Crippen LogP contribution in [0.5, 0.6) is 0 Å². The molecule has 0 atom stereocenters. The lowest BCUT2D eigenvalue weighted by atomic mass is 10.3. The van der Waals surface area contributed by atoms with Crippen molar-refractivity contribution in [1.29, 1.82) is 0 Å². The fourth-order valence-electron chi connectivity index (χ4n) is 2.18. The van der Waals surface area contributed by atoms with E-state index < -0.39 is 11.8 Å². The molecule has 3 rings (SSSR count). The summed E-state index contributed by atoms with van der Waals surface area (Å²) >= 11 is 12.9. The minimum absolute atomic E-state index is 0.0258. The van der Waals surface area contributed by atoms with Crippen LogP contribution in [0.25, 0.3) is 0 Å². The summed E-state index contributed by atoms with van der Waals surface area (Å²) in [5, 5.41) is 10.6. The Balaban J connectivity index is 1.53. The Morgan fingerprint density at radius 1 is 0.964 bits per heavy atom. The SMILES string of the molecule is O=C(Cc1csc(NC(=O)Nc2ccc(F)cc2)n1)Nc1ccc(Cl)c(Cl)c1. The van der Waals surface area contributed by atoms with Gasteiger partial charge in [0.05, 0.1) is 22.2 Å². The number of urea groups is 1. The third-order valence-electron chi connectivity index (χ3n) is 3.42. The Bertz CT molecular complexity index is 1010. The molecule has 2 aromatic carbocycles. The van der Waals surface area contributed by atoms with Crippen LogP contribution in [0.3, 0.4) is 0 Å². The van der Waals surface area contributed by atoms with Gasteiger partial charge in [-0.05, 0) is 42.5 Å². The molecular weight excluding hydrogens is 426 g/mol. The van der Waals surface area contributed by atoms with Gasteiger partial charge in [-0.15, -0.1) is 11.3 Å². The average Bonchev–Trinajstić information content (AvgIpc) is 3.06. The Kier molecular flexibility index (Phi) is 6.45. The molecule has 28 heavy (non-hydrogen) atoms. The van der Waals surface area contributed by atoms with E-state index in [0.29, 0.717) is 32.2 Å². The van der Waals surface area contributed by atoms with Crippen LogP contribution in [0.2, 0.25) is 10.0 Å². The zero-order valence-corrected chi connectivity index (χ0v) is 16.5. The molecule has 3 N–H and O–H groups in total. The van der Waals surface area contributed by atoms with Gasteiger partial charge in [0.2, 0.25) is 5.91 Å². The number of nitrogens with one attached hydrogen (secondary N) is 3. The second kappa shape index (κ2) is 9.01. The van der Waals surface area contributed by atoms with Crippen LogP contribution in [0.15, 0.2) is 47.8 Å². The molecule has 1 aromatic heterocycles. The molecule has 10 heteroatoms. The minimum atomic E-state index is -0.521. The molecular formula is C18H13Cl2FN4O2S. The Morgan fingerprint density at radius 2 is 1.68 bits per heavy atom. The third kappa shape index (κ3) is 5.66. The molecule has 0 aliphatic heterocycles. The number of carbonyl (C=O) groups is 2. The third-order valence-corrected chi connectivity index (χ3v) is 4.96. The van der Waals surface area contributed by atoms with Gasteiger partial charge in [0, 0.05) is 16.8 Å². The molecule has 0 aliphatic rings. The molecule has 0 aliphatic carbocycles. The molecule has 1 heterocycles. The maximum atomic E-state index is 12.9. The van der Waals surface area contributed by atoms with Gasteiger partial charge >= 0.3 is 6.03 Å². The maximum absolute atomic E-state index is 12.9. The van der Waals surface area contributed by atoms with Crippen molar-refractivity contribution in [2.45, 2.75) is 6.42 Å². The van der Waals surface area contributed by atoms with Crippen LogP contribution >= 0.6 is 34.5 Å². The minimum Gasteiger partial charge on any atom is -0.326 e. The second-order valence-corrected chi connectivity index (χ2v) is 7.26. The van der Waals surface area contributed by atoms with Crippen molar-refractivity contribution in [3.63, 3.8) is 0 Å². The molecule has 144 valence electrons. The number of hydrogen-bond acceptors (Lipinski definition) is 4. The number of hydrogen-bond donors (Lipinski definition) is 3. The highest BCUT2D eigenvalue weighted by atomic mass is 35.5. The lowest BCUT2D eigenvalue weighted by Crippen LogP contribution is -2.19. The van der Waals surface area contributed by atoms with Crippen LogP contribution in [0.1, 0.15) is 5.69 Å². The number of carbonyl (C=O) groups excluding carboxylic acids is 2. The van der Waals surface area contributed by atoms with Gasteiger partial charge < -0.3 is 10.6 Å². The van der Waals surface area contributed by atoms with Gasteiger partial charge in [-0.3, -0.25) is 10.1 Å². The highest BCUT2D eigenvalue weighted by Gasteiger charge is 2.11. The molecule has 6 nitrogen and oxygen atoms in total. The Labute approximate surface area is 173 Å². The quantitative estimate of drug-likeness (QED) is 0.497. The van der Waals surface area contributed by atoms with Gasteiger partial charge in [0.25, 0.3) is 0 Å². The number of amides is 3. The number of nitrogens with zero attached hydrogens (tertiary/aromatic N) is 1. The van der Waals surface area contributed by atoms with Gasteiger partial charge in [-0.2, -0.15) is 0 Å². The van der Waals surface area contributed by atoms with Crippen LogP contribution < -0.4 is 16.0 Å². The van der Waals surface area contributed by atoms with Crippen molar-refractivity contribution in [1.82, 2.24) is 4.98 Å². The van der Waals surface area contributed by atoms with E-state index in [2.05, 4.69) is 20.9 Å². The van der Waals surface area contributed by atoms with E-state index in [-0.39, 0.29) is 12.3 Å². The highest BCUT2D eigenvalue weighted by Crippen LogP contribution is 2.25.